The molecule has 0 saturated heterocycles. The van der Waals surface area contributed by atoms with E-state index in [4.69, 9.17) is 0 Å². The minimum Gasteiger partial charge on any atom is -0.302 e. The summed E-state index contributed by atoms with van der Waals surface area (Å²) >= 11 is 0. The molecule has 10 heavy (non-hydrogen) atoms. The van der Waals surface area contributed by atoms with Crippen molar-refractivity contribution in [1.29, 1.82) is 0 Å². The fourth-order valence-corrected chi connectivity index (χ4v) is 0.954. The maximum atomic E-state index is 3.94. The van der Waals surface area contributed by atoms with Crippen molar-refractivity contribution in [2.75, 3.05) is 25.8 Å². The number of aromatic nitrogens is 3. The van der Waals surface area contributed by atoms with E-state index in [-0.39, 0.29) is 0 Å². The van der Waals surface area contributed by atoms with E-state index in [1.54, 1.807) is 4.79 Å². The van der Waals surface area contributed by atoms with Gasteiger partial charge in [-0.05, 0) is 11.9 Å². The molecule has 1 unspecified atom stereocenters. The molecule has 1 aromatic rings. The molecular weight excluding hydrogens is 147 g/mol. The summed E-state index contributed by atoms with van der Waals surface area (Å²) in [5.41, 5.74) is 1.05. The van der Waals surface area contributed by atoms with Crippen molar-refractivity contribution in [2.24, 2.45) is 0 Å². The summed E-state index contributed by atoms with van der Waals surface area (Å²) in [7, 11) is 4.58. The molecule has 0 aromatic carbocycles. The van der Waals surface area contributed by atoms with Crippen molar-refractivity contribution in [3.63, 3.8) is 0 Å². The number of rotatable bonds is 2. The molecule has 0 radical (unpaired) electrons. The van der Waals surface area contributed by atoms with Gasteiger partial charge in [-0.1, -0.05) is 8.58 Å². The van der Waals surface area contributed by atoms with Crippen LogP contribution in [0.5, 0.6) is 0 Å². The van der Waals surface area contributed by atoms with E-state index in [1.165, 1.54) is 0 Å². The standard InChI is InChI=1S/C5H11N4P/c1-8(2)9-4-5(10-3)6-7-9/h4,10H,1-3H3. The largest absolute Gasteiger partial charge is 0.302 e. The monoisotopic (exact) mass is 158 g/mol. The summed E-state index contributed by atoms with van der Waals surface area (Å²) in [5, 5.41) is 9.70. The minimum absolute atomic E-state index is 0.722. The van der Waals surface area contributed by atoms with Gasteiger partial charge in [-0.2, -0.15) is 4.79 Å². The molecule has 0 saturated carbocycles. The lowest BCUT2D eigenvalue weighted by molar-refractivity contribution is 0.609. The average Bonchev–Trinajstić information content (AvgIpc) is 2.34. The Kier molecular flexibility index (Phi) is 2.22. The Morgan fingerprint density at radius 1 is 1.60 bits per heavy atom. The molecule has 0 aliphatic carbocycles. The Bertz CT molecular complexity index is 207. The number of hydrogen-bond donors (Lipinski definition) is 0. The Balaban J connectivity index is 2.78. The van der Waals surface area contributed by atoms with Gasteiger partial charge >= 0.3 is 0 Å². The second-order valence-corrected chi connectivity index (χ2v) is 3.13. The molecule has 0 aliphatic rings. The zero-order valence-corrected chi connectivity index (χ0v) is 7.37. The van der Waals surface area contributed by atoms with Gasteiger partial charge in [0, 0.05) is 14.1 Å². The predicted molar refractivity (Wildman–Crippen MR) is 44.0 cm³/mol. The molecule has 1 aromatic heterocycles. The highest BCUT2D eigenvalue weighted by atomic mass is 31.1. The zero-order chi connectivity index (χ0) is 7.56. The maximum absolute atomic E-state index is 3.94. The van der Waals surface area contributed by atoms with Gasteiger partial charge in [0.1, 0.15) is 5.44 Å². The van der Waals surface area contributed by atoms with Crippen LogP contribution in [0.1, 0.15) is 0 Å². The van der Waals surface area contributed by atoms with Crippen LogP contribution in [0.25, 0.3) is 0 Å². The van der Waals surface area contributed by atoms with Gasteiger partial charge in [0.15, 0.2) is 0 Å². The average molecular weight is 158 g/mol. The SMILES string of the molecule is CPc1cn(N(C)C)nn1. The summed E-state index contributed by atoms with van der Waals surface area (Å²) < 4.78 is 0. The lowest BCUT2D eigenvalue weighted by Gasteiger charge is -2.08. The van der Waals surface area contributed by atoms with Crippen LogP contribution in [-0.2, 0) is 0 Å². The summed E-state index contributed by atoms with van der Waals surface area (Å²) in [6, 6.07) is 0. The lowest BCUT2D eigenvalue weighted by atomic mass is 10.9. The second kappa shape index (κ2) is 2.97. The van der Waals surface area contributed by atoms with Crippen molar-refractivity contribution in [1.82, 2.24) is 15.1 Å². The molecule has 1 rings (SSSR count). The highest BCUT2D eigenvalue weighted by molar-refractivity contribution is 7.45. The van der Waals surface area contributed by atoms with Gasteiger partial charge in [0.2, 0.25) is 0 Å². The summed E-state index contributed by atoms with van der Waals surface area (Å²) in [6.45, 7) is 2.09. The first-order valence-corrected chi connectivity index (χ1v) is 4.51. The number of nitrogens with zero attached hydrogens (tertiary/aromatic N) is 4. The van der Waals surface area contributed by atoms with Crippen LogP contribution in [0, 0.1) is 0 Å². The lowest BCUT2D eigenvalue weighted by Crippen LogP contribution is -2.25. The van der Waals surface area contributed by atoms with Crippen LogP contribution in [-0.4, -0.2) is 35.9 Å². The smallest absolute Gasteiger partial charge is 0.104 e. The van der Waals surface area contributed by atoms with Gasteiger partial charge < -0.3 is 5.01 Å². The van der Waals surface area contributed by atoms with Gasteiger partial charge in [-0.25, -0.2) is 0 Å². The highest BCUT2D eigenvalue weighted by Crippen LogP contribution is 1.97. The maximum Gasteiger partial charge on any atom is 0.104 e. The zero-order valence-electron chi connectivity index (χ0n) is 6.37. The Morgan fingerprint density at radius 2 is 2.30 bits per heavy atom. The molecule has 0 bridgehead atoms. The van der Waals surface area contributed by atoms with Crippen LogP contribution < -0.4 is 10.4 Å². The molecule has 56 valence electrons. The van der Waals surface area contributed by atoms with E-state index in [0.717, 1.165) is 14.0 Å². The van der Waals surface area contributed by atoms with E-state index < -0.39 is 0 Å². The van der Waals surface area contributed by atoms with Crippen LogP contribution in [0.15, 0.2) is 6.20 Å². The molecule has 0 amide bonds. The Labute approximate surface area is 62.0 Å². The third-order valence-electron chi connectivity index (χ3n) is 1.15. The quantitative estimate of drug-likeness (QED) is 0.539. The second-order valence-electron chi connectivity index (χ2n) is 2.12. The first-order chi connectivity index (χ1) is 4.74. The molecule has 5 heteroatoms. The van der Waals surface area contributed by atoms with E-state index in [9.17, 15) is 0 Å². The minimum atomic E-state index is 0.722. The highest BCUT2D eigenvalue weighted by Gasteiger charge is 1.96. The van der Waals surface area contributed by atoms with E-state index in [0.29, 0.717) is 0 Å². The third kappa shape index (κ3) is 1.45. The van der Waals surface area contributed by atoms with Gasteiger partial charge in [-0.3, -0.25) is 0 Å². The van der Waals surface area contributed by atoms with Crippen molar-refractivity contribution >= 4 is 14.0 Å². The molecule has 0 aliphatic heterocycles. The van der Waals surface area contributed by atoms with Crippen LogP contribution in [0.4, 0.5) is 0 Å². The van der Waals surface area contributed by atoms with Gasteiger partial charge in [0.05, 0.1) is 6.20 Å². The molecule has 4 nitrogen and oxygen atoms in total. The van der Waals surface area contributed by atoms with Crippen molar-refractivity contribution < 1.29 is 0 Å². The normalized spacial score (nSPS) is 11.1. The molecule has 0 spiro atoms. The molecule has 1 atom stereocenters. The predicted octanol–water partition coefficient (Wildman–Crippen LogP) is -0.591. The molecule has 0 fully saturated rings. The fraction of sp³-hybridized carbons (Fsp3) is 0.600. The summed E-state index contributed by atoms with van der Waals surface area (Å²) in [4.78, 5) is 1.71. The van der Waals surface area contributed by atoms with Crippen LogP contribution in [0.3, 0.4) is 0 Å². The first kappa shape index (κ1) is 7.48. The topological polar surface area (TPSA) is 34.0 Å². The van der Waals surface area contributed by atoms with Crippen molar-refractivity contribution in [3.05, 3.63) is 6.20 Å². The van der Waals surface area contributed by atoms with E-state index in [1.807, 2.05) is 25.3 Å². The summed E-state index contributed by atoms with van der Waals surface area (Å²) in [6.07, 6.45) is 1.93. The fourth-order valence-electron chi connectivity index (χ4n) is 0.565. The van der Waals surface area contributed by atoms with Crippen LogP contribution >= 0.6 is 8.58 Å². The van der Waals surface area contributed by atoms with Gasteiger partial charge in [-0.15, -0.1) is 5.10 Å². The van der Waals surface area contributed by atoms with Gasteiger partial charge in [0.25, 0.3) is 0 Å². The third-order valence-corrected chi connectivity index (χ3v) is 1.89. The Morgan fingerprint density at radius 3 is 2.60 bits per heavy atom. The van der Waals surface area contributed by atoms with Crippen LogP contribution in [0.2, 0.25) is 0 Å². The molecule has 1 heterocycles. The molecule has 0 N–H and O–H groups in total. The Hall–Kier alpha value is -0.630. The number of hydrogen-bond acceptors (Lipinski definition) is 3. The molecular formula is C5H11N4P. The van der Waals surface area contributed by atoms with E-state index in [2.05, 4.69) is 17.0 Å². The van der Waals surface area contributed by atoms with Crippen molar-refractivity contribution in [2.45, 2.75) is 0 Å². The van der Waals surface area contributed by atoms with Crippen molar-refractivity contribution in [3.8, 4) is 0 Å². The van der Waals surface area contributed by atoms with E-state index >= 15 is 0 Å². The first-order valence-electron chi connectivity index (χ1n) is 3.01. The summed E-state index contributed by atoms with van der Waals surface area (Å²) in [5.74, 6) is 0.